The first-order valence-electron chi connectivity index (χ1n) is 16.3. The Bertz CT molecular complexity index is 505. The molecule has 0 N–H and O–H groups in total. The van der Waals surface area contributed by atoms with Crippen LogP contribution in [0.15, 0.2) is 0 Å². The maximum atomic E-state index is 12.3. The lowest BCUT2D eigenvalue weighted by Gasteiger charge is -2.18. The summed E-state index contributed by atoms with van der Waals surface area (Å²) < 4.78 is 10.8. The summed E-state index contributed by atoms with van der Waals surface area (Å²) in [5, 5.41) is 0. The van der Waals surface area contributed by atoms with E-state index in [9.17, 15) is 9.59 Å². The average molecular weight is 525 g/mol. The summed E-state index contributed by atoms with van der Waals surface area (Å²) in [7, 11) is 0. The minimum atomic E-state index is -0.00700. The third kappa shape index (κ3) is 25.0. The summed E-state index contributed by atoms with van der Waals surface area (Å²) in [6.07, 6.45) is 27.4. The van der Waals surface area contributed by atoms with Crippen LogP contribution in [0.25, 0.3) is 0 Å². The fraction of sp³-hybridized carbons (Fsp3) is 0.939. The number of ether oxygens (including phenoxy) is 2. The normalized spacial score (nSPS) is 12.9. The Balaban J connectivity index is 3.41. The van der Waals surface area contributed by atoms with E-state index in [0.29, 0.717) is 25.6 Å². The smallest absolute Gasteiger partial charge is 0.308 e. The van der Waals surface area contributed by atoms with Crippen molar-refractivity contribution in [1.29, 1.82) is 0 Å². The Hall–Kier alpha value is -1.06. The third-order valence-corrected chi connectivity index (χ3v) is 7.77. The van der Waals surface area contributed by atoms with Gasteiger partial charge in [0.05, 0.1) is 19.1 Å². The molecule has 0 rings (SSSR count). The van der Waals surface area contributed by atoms with Gasteiger partial charge in [-0.2, -0.15) is 0 Å². The number of rotatable bonds is 28. The summed E-state index contributed by atoms with van der Waals surface area (Å²) in [6.45, 7) is 9.86. The molecule has 0 aliphatic rings. The minimum absolute atomic E-state index is 0.00362. The van der Waals surface area contributed by atoms with E-state index in [0.717, 1.165) is 32.1 Å². The molecular formula is C33H64O4. The van der Waals surface area contributed by atoms with Crippen molar-refractivity contribution in [2.24, 2.45) is 11.8 Å². The highest BCUT2D eigenvalue weighted by Gasteiger charge is 2.21. The molecule has 0 saturated carbocycles. The molecule has 220 valence electrons. The molecular weight excluding hydrogens is 460 g/mol. The van der Waals surface area contributed by atoms with Crippen molar-refractivity contribution in [2.45, 2.75) is 175 Å². The number of carbonyl (C=O) groups excluding carboxylic acids is 2. The Morgan fingerprint density at radius 1 is 0.514 bits per heavy atom. The molecule has 0 fully saturated rings. The van der Waals surface area contributed by atoms with E-state index < -0.39 is 0 Å². The van der Waals surface area contributed by atoms with Gasteiger partial charge < -0.3 is 9.47 Å². The lowest BCUT2D eigenvalue weighted by atomic mass is 9.90. The summed E-state index contributed by atoms with van der Waals surface area (Å²) in [6, 6.07) is 0. The molecule has 0 aromatic rings. The second kappa shape index (κ2) is 28.0. The van der Waals surface area contributed by atoms with Gasteiger partial charge in [-0.1, -0.05) is 143 Å². The summed E-state index contributed by atoms with van der Waals surface area (Å²) >= 11 is 0. The largest absolute Gasteiger partial charge is 0.466 e. The minimum Gasteiger partial charge on any atom is -0.466 e. The lowest BCUT2D eigenvalue weighted by molar-refractivity contribution is -0.150. The Kier molecular flexibility index (Phi) is 27.2. The monoisotopic (exact) mass is 524 g/mol. The molecule has 4 heteroatoms. The van der Waals surface area contributed by atoms with Crippen molar-refractivity contribution in [3.63, 3.8) is 0 Å². The van der Waals surface area contributed by atoms with Gasteiger partial charge in [0.2, 0.25) is 0 Å². The van der Waals surface area contributed by atoms with Crippen LogP contribution in [-0.2, 0) is 19.1 Å². The molecule has 0 aliphatic heterocycles. The van der Waals surface area contributed by atoms with Crippen LogP contribution >= 0.6 is 0 Å². The van der Waals surface area contributed by atoms with E-state index in [-0.39, 0.29) is 17.9 Å². The fourth-order valence-electron chi connectivity index (χ4n) is 4.78. The number of hydrogen-bond acceptors (Lipinski definition) is 4. The maximum absolute atomic E-state index is 12.3. The van der Waals surface area contributed by atoms with Crippen LogP contribution in [0, 0.1) is 11.8 Å². The van der Waals surface area contributed by atoms with Crippen LogP contribution in [0.3, 0.4) is 0 Å². The second-order valence-electron chi connectivity index (χ2n) is 11.4. The van der Waals surface area contributed by atoms with Gasteiger partial charge in [-0.3, -0.25) is 9.59 Å². The van der Waals surface area contributed by atoms with Crippen LogP contribution in [0.4, 0.5) is 0 Å². The van der Waals surface area contributed by atoms with Gasteiger partial charge in [0, 0.05) is 6.42 Å². The molecule has 0 amide bonds. The van der Waals surface area contributed by atoms with Crippen molar-refractivity contribution in [3.05, 3.63) is 0 Å². The van der Waals surface area contributed by atoms with Gasteiger partial charge in [-0.25, -0.2) is 0 Å². The summed E-state index contributed by atoms with van der Waals surface area (Å²) in [4.78, 5) is 24.0. The zero-order valence-electron chi connectivity index (χ0n) is 25.5. The molecule has 0 spiro atoms. The number of unbranched alkanes of at least 4 members (excludes halogenated alkanes) is 18. The van der Waals surface area contributed by atoms with Crippen LogP contribution in [0.1, 0.15) is 175 Å². The zero-order valence-corrected chi connectivity index (χ0v) is 25.5. The second-order valence-corrected chi connectivity index (χ2v) is 11.4. The fourth-order valence-corrected chi connectivity index (χ4v) is 4.78. The zero-order chi connectivity index (χ0) is 27.4. The predicted octanol–water partition coefficient (Wildman–Crippen LogP) is 10.4. The number of hydrogen-bond donors (Lipinski definition) is 0. The predicted molar refractivity (Wildman–Crippen MR) is 158 cm³/mol. The molecule has 4 nitrogen and oxygen atoms in total. The third-order valence-electron chi connectivity index (χ3n) is 7.77. The van der Waals surface area contributed by atoms with Crippen molar-refractivity contribution in [3.8, 4) is 0 Å². The van der Waals surface area contributed by atoms with E-state index in [1.54, 1.807) is 0 Å². The molecule has 0 radical (unpaired) electrons. The van der Waals surface area contributed by atoms with Gasteiger partial charge in [-0.05, 0) is 31.6 Å². The van der Waals surface area contributed by atoms with Crippen LogP contribution in [0.2, 0.25) is 0 Å². The SMILES string of the molecule is CCCCCCCOC(=O)CCCCCCCCCCCCCC(C)C(C)C(=O)OCCCCCCC. The van der Waals surface area contributed by atoms with Gasteiger partial charge in [0.15, 0.2) is 0 Å². The first-order chi connectivity index (χ1) is 18.0. The van der Waals surface area contributed by atoms with E-state index in [2.05, 4.69) is 20.8 Å². The molecule has 0 saturated heterocycles. The van der Waals surface area contributed by atoms with Crippen LogP contribution < -0.4 is 0 Å². The van der Waals surface area contributed by atoms with Gasteiger partial charge in [0.25, 0.3) is 0 Å². The van der Waals surface area contributed by atoms with Crippen molar-refractivity contribution < 1.29 is 19.1 Å². The van der Waals surface area contributed by atoms with Crippen LogP contribution in [-0.4, -0.2) is 25.2 Å². The van der Waals surface area contributed by atoms with Crippen molar-refractivity contribution in [2.75, 3.05) is 13.2 Å². The lowest BCUT2D eigenvalue weighted by Crippen LogP contribution is -2.22. The molecule has 0 aromatic carbocycles. The van der Waals surface area contributed by atoms with E-state index in [1.165, 1.54) is 109 Å². The molecule has 0 heterocycles. The Morgan fingerprint density at radius 2 is 0.919 bits per heavy atom. The molecule has 37 heavy (non-hydrogen) atoms. The standard InChI is InChI=1S/C33H64O4/c1-5-7-9-20-24-28-36-32(34)27-23-19-17-15-13-11-12-14-16-18-22-26-30(3)31(4)33(35)37-29-25-21-10-8-6-2/h30-31H,5-29H2,1-4H3. The van der Waals surface area contributed by atoms with Crippen molar-refractivity contribution in [1.82, 2.24) is 0 Å². The average Bonchev–Trinajstić information content (AvgIpc) is 2.90. The van der Waals surface area contributed by atoms with E-state index in [1.807, 2.05) is 6.92 Å². The first kappa shape index (κ1) is 35.9. The van der Waals surface area contributed by atoms with E-state index >= 15 is 0 Å². The maximum Gasteiger partial charge on any atom is 0.308 e. The summed E-state index contributed by atoms with van der Waals surface area (Å²) in [5.74, 6) is 0.412. The quantitative estimate of drug-likeness (QED) is 0.0754. The van der Waals surface area contributed by atoms with E-state index in [4.69, 9.17) is 9.47 Å². The number of carbonyl (C=O) groups is 2. The molecule has 0 aliphatic carbocycles. The van der Waals surface area contributed by atoms with Gasteiger partial charge in [-0.15, -0.1) is 0 Å². The highest BCUT2D eigenvalue weighted by atomic mass is 16.5. The number of esters is 2. The molecule has 2 atom stereocenters. The molecule has 2 unspecified atom stereocenters. The molecule has 0 bridgehead atoms. The highest BCUT2D eigenvalue weighted by Crippen LogP contribution is 2.21. The highest BCUT2D eigenvalue weighted by molar-refractivity contribution is 5.72. The van der Waals surface area contributed by atoms with Crippen LogP contribution in [0.5, 0.6) is 0 Å². The first-order valence-corrected chi connectivity index (χ1v) is 16.3. The molecule has 0 aromatic heterocycles. The topological polar surface area (TPSA) is 52.6 Å². The van der Waals surface area contributed by atoms with Crippen molar-refractivity contribution >= 4 is 11.9 Å². The summed E-state index contributed by atoms with van der Waals surface area (Å²) in [5.41, 5.74) is 0. The Labute approximate surface area is 231 Å². The Morgan fingerprint density at radius 3 is 1.43 bits per heavy atom. The van der Waals surface area contributed by atoms with Gasteiger partial charge >= 0.3 is 11.9 Å². The van der Waals surface area contributed by atoms with Gasteiger partial charge in [0.1, 0.15) is 0 Å².